The number of hydrogen-bond acceptors (Lipinski definition) is 13. The van der Waals surface area contributed by atoms with Gasteiger partial charge >= 0.3 is 0 Å². The van der Waals surface area contributed by atoms with Gasteiger partial charge in [-0.1, -0.05) is 162 Å². The number of unbranched alkanes of at least 4 members (excludes halogenated alkanes) is 22. The van der Waals surface area contributed by atoms with E-state index in [1.54, 1.807) is 0 Å². The van der Waals surface area contributed by atoms with Gasteiger partial charge in [0.1, 0.15) is 48.8 Å². The van der Waals surface area contributed by atoms with Crippen LogP contribution in [0.3, 0.4) is 0 Å². The largest absolute Gasteiger partial charge is 0.394 e. The fraction of sp³-hybridized carbons (Fsp3) is 0.977. The second kappa shape index (κ2) is 32.7. The number of aliphatic hydroxyl groups excluding tert-OH is 8. The van der Waals surface area contributed by atoms with Gasteiger partial charge in [0, 0.05) is 6.42 Å². The normalized spacial score (nSPS) is 28.7. The van der Waals surface area contributed by atoms with E-state index in [0.717, 1.165) is 51.4 Å². The zero-order valence-electron chi connectivity index (χ0n) is 36.1. The third-order valence-corrected chi connectivity index (χ3v) is 11.8. The molecule has 2 saturated heterocycles. The third-order valence-electron chi connectivity index (χ3n) is 11.8. The van der Waals surface area contributed by atoms with E-state index in [1.165, 1.54) is 103 Å². The number of carbonyl (C=O) groups is 1. The van der Waals surface area contributed by atoms with Crippen molar-refractivity contribution in [2.45, 2.75) is 254 Å². The lowest BCUT2D eigenvalue weighted by Gasteiger charge is -2.46. The molecule has 0 aromatic rings. The van der Waals surface area contributed by atoms with E-state index in [1.807, 2.05) is 0 Å². The van der Waals surface area contributed by atoms with Crippen LogP contribution >= 0.6 is 0 Å². The molecule has 0 saturated carbocycles. The van der Waals surface area contributed by atoms with Crippen LogP contribution in [0.25, 0.3) is 0 Å². The Balaban J connectivity index is 1.88. The summed E-state index contributed by atoms with van der Waals surface area (Å²) in [6, 6.07) is -0.818. The molecular formula is C44H85NO13. The van der Waals surface area contributed by atoms with E-state index in [9.17, 15) is 45.6 Å². The number of nitrogens with one attached hydrogen (secondary N) is 1. The Hall–Kier alpha value is -1.01. The molecule has 2 aliphatic heterocycles. The van der Waals surface area contributed by atoms with Crippen LogP contribution in [0.1, 0.15) is 181 Å². The maximum absolute atomic E-state index is 13.1. The zero-order chi connectivity index (χ0) is 42.5. The molecule has 0 aromatic heterocycles. The zero-order valence-corrected chi connectivity index (χ0v) is 36.1. The van der Waals surface area contributed by atoms with Gasteiger partial charge in [-0.2, -0.15) is 0 Å². The molecule has 2 fully saturated rings. The van der Waals surface area contributed by atoms with E-state index < -0.39 is 86.8 Å². The van der Waals surface area contributed by atoms with Crippen LogP contribution in [-0.2, 0) is 23.7 Å². The summed E-state index contributed by atoms with van der Waals surface area (Å²) in [6.45, 7) is 2.82. The quantitative estimate of drug-likeness (QED) is 0.0397. The Morgan fingerprint density at radius 1 is 0.552 bits per heavy atom. The number of ether oxygens (including phenoxy) is 4. The third kappa shape index (κ3) is 20.7. The van der Waals surface area contributed by atoms with Crippen molar-refractivity contribution in [2.75, 3.05) is 19.8 Å². The summed E-state index contributed by atoms with van der Waals surface area (Å²) in [5, 5.41) is 86.6. The molecule has 1 amide bonds. The Morgan fingerprint density at radius 3 is 1.47 bits per heavy atom. The summed E-state index contributed by atoms with van der Waals surface area (Å²) in [7, 11) is 0. The van der Waals surface area contributed by atoms with E-state index >= 15 is 0 Å². The van der Waals surface area contributed by atoms with Crippen molar-refractivity contribution in [1.82, 2.24) is 5.32 Å². The van der Waals surface area contributed by atoms with Crippen molar-refractivity contribution in [3.63, 3.8) is 0 Å². The van der Waals surface area contributed by atoms with Gasteiger partial charge in [-0.15, -0.1) is 0 Å². The molecule has 14 heteroatoms. The highest BCUT2D eigenvalue weighted by Crippen LogP contribution is 2.30. The van der Waals surface area contributed by atoms with Crippen molar-refractivity contribution >= 4 is 5.91 Å². The van der Waals surface area contributed by atoms with Gasteiger partial charge in [0.2, 0.25) is 5.91 Å². The summed E-state index contributed by atoms with van der Waals surface area (Å²) in [5.74, 6) is -0.208. The average molecular weight is 836 g/mol. The second-order valence-electron chi connectivity index (χ2n) is 16.9. The molecule has 58 heavy (non-hydrogen) atoms. The van der Waals surface area contributed by atoms with Gasteiger partial charge < -0.3 is 65.1 Å². The average Bonchev–Trinajstić information content (AvgIpc) is 3.22. The fourth-order valence-electron chi connectivity index (χ4n) is 7.94. The van der Waals surface area contributed by atoms with Crippen LogP contribution in [0, 0.1) is 0 Å². The Labute approximate surface area is 349 Å². The van der Waals surface area contributed by atoms with Crippen molar-refractivity contribution in [2.24, 2.45) is 0 Å². The van der Waals surface area contributed by atoms with Crippen LogP contribution in [0.4, 0.5) is 0 Å². The highest BCUT2D eigenvalue weighted by molar-refractivity contribution is 5.76. The smallest absolute Gasteiger partial charge is 0.220 e. The molecule has 2 heterocycles. The first kappa shape index (κ1) is 53.1. The summed E-state index contributed by atoms with van der Waals surface area (Å²) < 4.78 is 22.7. The molecule has 0 aliphatic carbocycles. The minimum atomic E-state index is -1.78. The summed E-state index contributed by atoms with van der Waals surface area (Å²) in [6.07, 6.45) is 12.5. The van der Waals surface area contributed by atoms with E-state index in [4.69, 9.17) is 18.9 Å². The van der Waals surface area contributed by atoms with E-state index in [-0.39, 0.29) is 12.5 Å². The molecule has 4 unspecified atom stereocenters. The van der Waals surface area contributed by atoms with E-state index in [2.05, 4.69) is 19.2 Å². The number of carbonyl (C=O) groups excluding carboxylic acids is 1. The molecule has 2 rings (SSSR count). The van der Waals surface area contributed by atoms with Gasteiger partial charge in [0.25, 0.3) is 0 Å². The van der Waals surface area contributed by atoms with Gasteiger partial charge in [0.15, 0.2) is 12.6 Å². The Morgan fingerprint density at radius 2 is 0.983 bits per heavy atom. The van der Waals surface area contributed by atoms with Crippen molar-refractivity contribution < 1.29 is 64.6 Å². The lowest BCUT2D eigenvalue weighted by Crippen LogP contribution is -2.65. The van der Waals surface area contributed by atoms with E-state index in [0.29, 0.717) is 12.8 Å². The summed E-state index contributed by atoms with van der Waals surface area (Å²) in [5.41, 5.74) is 0. The number of hydrogen-bond donors (Lipinski definition) is 9. The second-order valence-corrected chi connectivity index (χ2v) is 16.9. The Kier molecular flexibility index (Phi) is 29.9. The summed E-state index contributed by atoms with van der Waals surface area (Å²) in [4.78, 5) is 13.1. The van der Waals surface area contributed by atoms with Crippen LogP contribution < -0.4 is 5.32 Å². The molecule has 14 nitrogen and oxygen atoms in total. The topological polar surface area (TPSA) is 228 Å². The highest BCUT2D eigenvalue weighted by Gasteiger charge is 2.51. The van der Waals surface area contributed by atoms with Gasteiger partial charge in [-0.05, 0) is 12.8 Å². The van der Waals surface area contributed by atoms with Crippen molar-refractivity contribution in [1.29, 1.82) is 0 Å². The molecule has 12 atom stereocenters. The number of rotatable bonds is 35. The first-order valence-electron chi connectivity index (χ1n) is 23.3. The SMILES string of the molecule is CCCCCCCCCCCCCCC(=O)N[C@@H](CO[C@@H]1O[C@H](CO)[C@@H](O[C@@H]2O[C@H](CO)[C@H](O)C(O)C2O)C(O)C1O)[C@H](O)CCCCCCCCCCCCCC. The van der Waals surface area contributed by atoms with Crippen LogP contribution in [0.5, 0.6) is 0 Å². The van der Waals surface area contributed by atoms with Gasteiger partial charge in [0.05, 0.1) is 32.0 Å². The van der Waals surface area contributed by atoms with Crippen LogP contribution in [0.15, 0.2) is 0 Å². The first-order valence-corrected chi connectivity index (χ1v) is 23.3. The number of aliphatic hydroxyl groups is 8. The number of amides is 1. The molecule has 0 radical (unpaired) electrons. The first-order chi connectivity index (χ1) is 28.1. The predicted octanol–water partition coefficient (Wildman–Crippen LogP) is 4.66. The molecule has 344 valence electrons. The highest BCUT2D eigenvalue weighted by atomic mass is 16.7. The fourth-order valence-corrected chi connectivity index (χ4v) is 7.94. The molecule has 0 aromatic carbocycles. The van der Waals surface area contributed by atoms with Crippen molar-refractivity contribution in [3.8, 4) is 0 Å². The monoisotopic (exact) mass is 836 g/mol. The molecule has 2 aliphatic rings. The molecule has 0 spiro atoms. The predicted molar refractivity (Wildman–Crippen MR) is 222 cm³/mol. The van der Waals surface area contributed by atoms with Crippen LogP contribution in [0.2, 0.25) is 0 Å². The Bertz CT molecular complexity index is 993. The summed E-state index contributed by atoms with van der Waals surface area (Å²) >= 11 is 0. The minimum Gasteiger partial charge on any atom is -0.394 e. The maximum atomic E-state index is 13.1. The van der Waals surface area contributed by atoms with Crippen molar-refractivity contribution in [3.05, 3.63) is 0 Å². The maximum Gasteiger partial charge on any atom is 0.220 e. The van der Waals surface area contributed by atoms with Crippen LogP contribution in [-0.4, -0.2) is 140 Å². The lowest BCUT2D eigenvalue weighted by molar-refractivity contribution is -0.359. The molecule has 9 N–H and O–H groups in total. The van der Waals surface area contributed by atoms with Gasteiger partial charge in [-0.3, -0.25) is 4.79 Å². The molecular weight excluding hydrogens is 750 g/mol. The van der Waals surface area contributed by atoms with Gasteiger partial charge in [-0.25, -0.2) is 0 Å². The standard InChI is InChI=1S/C44H85NO13/c1-3-5-7-9-11-13-15-17-19-21-23-25-27-33(48)32(45-36(49)28-26-24-22-20-18-16-14-12-10-8-6-4-2)31-55-43-41(54)39(52)42(35(30-47)57-43)58-44-40(53)38(51)37(50)34(29-46)56-44/h32-35,37-44,46-48,50-54H,3-31H2,1-2H3,(H,45,49)/t32-,33+,34+,35+,37-,38?,39?,40?,41?,42+,43+,44-/m0/s1. The minimum absolute atomic E-state index is 0.208. The lowest BCUT2D eigenvalue weighted by atomic mass is 9.97. The molecule has 0 bridgehead atoms.